The van der Waals surface area contributed by atoms with Crippen LogP contribution in [0.25, 0.3) is 0 Å². The number of morpholine rings is 1. The molecule has 6 heteroatoms. The maximum atomic E-state index is 12.2. The normalized spacial score (nSPS) is 28.0. The first-order valence-electron chi connectivity index (χ1n) is 7.45. The summed E-state index contributed by atoms with van der Waals surface area (Å²) in [7, 11) is 0. The molecule has 0 spiro atoms. The molecule has 112 valence electrons. The predicted octanol–water partition coefficient (Wildman–Crippen LogP) is 1.06. The Morgan fingerprint density at radius 3 is 2.70 bits per heavy atom. The molecule has 3 fully saturated rings. The Morgan fingerprint density at radius 1 is 1.35 bits per heavy atom. The number of carboxylic acids is 1. The van der Waals surface area contributed by atoms with Crippen molar-refractivity contribution in [2.24, 2.45) is 11.3 Å². The van der Waals surface area contributed by atoms with Crippen LogP contribution in [0.5, 0.6) is 0 Å². The van der Waals surface area contributed by atoms with Gasteiger partial charge >= 0.3 is 12.0 Å². The van der Waals surface area contributed by atoms with Gasteiger partial charge in [-0.05, 0) is 37.0 Å². The average molecular weight is 282 g/mol. The number of aliphatic carboxylic acids is 1. The van der Waals surface area contributed by atoms with E-state index in [1.807, 2.05) is 0 Å². The number of nitrogens with one attached hydrogen (secondary N) is 1. The van der Waals surface area contributed by atoms with Gasteiger partial charge in [-0.3, -0.25) is 4.79 Å². The first-order valence-corrected chi connectivity index (χ1v) is 7.45. The van der Waals surface area contributed by atoms with Crippen LogP contribution in [0, 0.1) is 11.3 Å². The molecule has 2 amide bonds. The van der Waals surface area contributed by atoms with Gasteiger partial charge in [0, 0.05) is 19.6 Å². The Labute approximate surface area is 118 Å². The lowest BCUT2D eigenvalue weighted by molar-refractivity contribution is -0.141. The molecular weight excluding hydrogens is 260 g/mol. The van der Waals surface area contributed by atoms with E-state index < -0.39 is 5.97 Å². The fourth-order valence-electron chi connectivity index (χ4n) is 3.17. The molecule has 2 aliphatic carbocycles. The number of ether oxygens (including phenoxy) is 1. The lowest BCUT2D eigenvalue weighted by Gasteiger charge is -2.32. The molecule has 0 aromatic rings. The summed E-state index contributed by atoms with van der Waals surface area (Å²) in [5.41, 5.74) is 0.391. The zero-order chi connectivity index (χ0) is 14.2. The number of amides is 2. The van der Waals surface area contributed by atoms with Crippen LogP contribution < -0.4 is 5.32 Å². The van der Waals surface area contributed by atoms with Crippen molar-refractivity contribution in [1.29, 1.82) is 0 Å². The quantitative estimate of drug-likeness (QED) is 0.790. The fourth-order valence-corrected chi connectivity index (χ4v) is 3.17. The van der Waals surface area contributed by atoms with E-state index in [-0.39, 0.29) is 18.6 Å². The summed E-state index contributed by atoms with van der Waals surface area (Å²) in [5.74, 6) is -0.0600. The molecule has 1 aliphatic heterocycles. The van der Waals surface area contributed by atoms with Crippen molar-refractivity contribution >= 4 is 12.0 Å². The molecule has 6 nitrogen and oxygen atoms in total. The maximum Gasteiger partial charge on any atom is 0.317 e. The molecule has 2 N–H and O–H groups in total. The molecule has 1 unspecified atom stereocenters. The molecule has 1 saturated heterocycles. The minimum absolute atomic E-state index is 0.0458. The third kappa shape index (κ3) is 3.06. The van der Waals surface area contributed by atoms with E-state index in [9.17, 15) is 9.59 Å². The third-order valence-corrected chi connectivity index (χ3v) is 4.76. The molecule has 1 atom stereocenters. The number of carbonyl (C=O) groups excluding carboxylic acids is 1. The van der Waals surface area contributed by atoms with Crippen LogP contribution in [-0.4, -0.2) is 54.4 Å². The summed E-state index contributed by atoms with van der Waals surface area (Å²) in [6.07, 6.45) is 4.67. The highest BCUT2D eigenvalue weighted by molar-refractivity contribution is 5.74. The van der Waals surface area contributed by atoms with E-state index in [0.29, 0.717) is 25.1 Å². The van der Waals surface area contributed by atoms with E-state index in [2.05, 4.69) is 5.32 Å². The molecule has 3 aliphatic rings. The number of hydrogen-bond donors (Lipinski definition) is 2. The van der Waals surface area contributed by atoms with Crippen LogP contribution in [0.15, 0.2) is 0 Å². The van der Waals surface area contributed by atoms with Gasteiger partial charge in [0.1, 0.15) is 0 Å². The zero-order valence-corrected chi connectivity index (χ0v) is 11.6. The second-order valence-electron chi connectivity index (χ2n) is 6.33. The topological polar surface area (TPSA) is 78.9 Å². The number of hydrogen-bond acceptors (Lipinski definition) is 3. The van der Waals surface area contributed by atoms with Gasteiger partial charge < -0.3 is 20.1 Å². The monoisotopic (exact) mass is 282 g/mol. The van der Waals surface area contributed by atoms with Crippen LogP contribution in [0.1, 0.15) is 32.1 Å². The third-order valence-electron chi connectivity index (χ3n) is 4.76. The Morgan fingerprint density at radius 2 is 2.10 bits per heavy atom. The molecule has 0 aromatic carbocycles. The van der Waals surface area contributed by atoms with E-state index in [0.717, 1.165) is 12.5 Å². The number of urea groups is 1. The Hall–Kier alpha value is -1.30. The van der Waals surface area contributed by atoms with Crippen molar-refractivity contribution < 1.29 is 19.4 Å². The van der Waals surface area contributed by atoms with Gasteiger partial charge in [-0.15, -0.1) is 0 Å². The van der Waals surface area contributed by atoms with Gasteiger partial charge in [0.15, 0.2) is 0 Å². The van der Waals surface area contributed by atoms with Crippen LogP contribution in [0.3, 0.4) is 0 Å². The van der Waals surface area contributed by atoms with Crippen molar-refractivity contribution in [1.82, 2.24) is 10.2 Å². The molecule has 0 aromatic heterocycles. The summed E-state index contributed by atoms with van der Waals surface area (Å²) in [5, 5.41) is 11.8. The van der Waals surface area contributed by atoms with Gasteiger partial charge in [-0.2, -0.15) is 0 Å². The maximum absolute atomic E-state index is 12.2. The predicted molar refractivity (Wildman–Crippen MR) is 71.4 cm³/mol. The number of carbonyl (C=O) groups is 2. The first-order chi connectivity index (χ1) is 9.59. The van der Waals surface area contributed by atoms with Gasteiger partial charge in [0.05, 0.1) is 19.1 Å². The first kappa shape index (κ1) is 13.7. The molecular formula is C14H22N2O4. The highest BCUT2D eigenvalue weighted by Crippen LogP contribution is 2.60. The number of nitrogens with zero attached hydrogens (tertiary/aromatic N) is 1. The van der Waals surface area contributed by atoms with Crippen LogP contribution >= 0.6 is 0 Å². The fraction of sp³-hybridized carbons (Fsp3) is 0.857. The molecule has 0 radical (unpaired) electrons. The van der Waals surface area contributed by atoms with Crippen molar-refractivity contribution in [2.75, 3.05) is 26.2 Å². The lowest BCUT2D eigenvalue weighted by Crippen LogP contribution is -2.51. The van der Waals surface area contributed by atoms with E-state index in [1.165, 1.54) is 25.7 Å². The van der Waals surface area contributed by atoms with Crippen LogP contribution in [0.2, 0.25) is 0 Å². The number of carboxylic acid groups (broad SMARTS) is 1. The molecule has 0 bridgehead atoms. The Bertz CT molecular complexity index is 404. The smallest absolute Gasteiger partial charge is 0.317 e. The van der Waals surface area contributed by atoms with Crippen molar-refractivity contribution in [2.45, 2.75) is 38.2 Å². The van der Waals surface area contributed by atoms with Gasteiger partial charge in [0.2, 0.25) is 0 Å². The van der Waals surface area contributed by atoms with E-state index >= 15 is 0 Å². The van der Waals surface area contributed by atoms with Gasteiger partial charge in [-0.1, -0.05) is 0 Å². The van der Waals surface area contributed by atoms with E-state index in [1.54, 1.807) is 4.90 Å². The SMILES string of the molecule is O=C(O)CC1CN(C(=O)NCC2(C3CC3)CC2)CCO1. The highest BCUT2D eigenvalue weighted by atomic mass is 16.5. The highest BCUT2D eigenvalue weighted by Gasteiger charge is 2.53. The van der Waals surface area contributed by atoms with Gasteiger partial charge in [-0.25, -0.2) is 4.79 Å². The summed E-state index contributed by atoms with van der Waals surface area (Å²) < 4.78 is 5.37. The summed E-state index contributed by atoms with van der Waals surface area (Å²) >= 11 is 0. The van der Waals surface area contributed by atoms with Crippen LogP contribution in [0.4, 0.5) is 4.79 Å². The average Bonchev–Trinajstić information content (AvgIpc) is 3.27. The summed E-state index contributed by atoms with van der Waals surface area (Å²) in [6, 6.07) is -0.0735. The van der Waals surface area contributed by atoms with Crippen LogP contribution in [-0.2, 0) is 9.53 Å². The molecule has 2 saturated carbocycles. The Balaban J connectivity index is 1.45. The Kier molecular flexibility index (Phi) is 3.58. The molecule has 3 rings (SSSR count). The minimum atomic E-state index is -0.886. The lowest BCUT2D eigenvalue weighted by atomic mass is 10.0. The van der Waals surface area contributed by atoms with Crippen molar-refractivity contribution in [3.8, 4) is 0 Å². The molecule has 20 heavy (non-hydrogen) atoms. The molecule has 1 heterocycles. The second kappa shape index (κ2) is 5.24. The van der Waals surface area contributed by atoms with Crippen molar-refractivity contribution in [3.63, 3.8) is 0 Å². The van der Waals surface area contributed by atoms with Crippen molar-refractivity contribution in [3.05, 3.63) is 0 Å². The number of rotatable bonds is 5. The second-order valence-corrected chi connectivity index (χ2v) is 6.33. The van der Waals surface area contributed by atoms with Gasteiger partial charge in [0.25, 0.3) is 0 Å². The van der Waals surface area contributed by atoms with E-state index in [4.69, 9.17) is 9.84 Å². The standard InChI is InChI=1S/C14H22N2O4/c17-12(18)7-11-8-16(5-6-20-11)13(19)15-9-14(3-4-14)10-1-2-10/h10-11H,1-9H2,(H,15,19)(H,17,18). The largest absolute Gasteiger partial charge is 0.481 e. The minimum Gasteiger partial charge on any atom is -0.481 e. The summed E-state index contributed by atoms with van der Waals surface area (Å²) in [6.45, 7) is 2.10. The summed E-state index contributed by atoms with van der Waals surface area (Å²) in [4.78, 5) is 24.5. The zero-order valence-electron chi connectivity index (χ0n) is 11.6.